The standard InChI is InChI=1S/C27H34N2O5/c1-3-10-19(17-25(30)29(2)16-9-8-15-26(31)32)28-27(33)34-18-24-22-13-6-4-11-20(22)21-12-5-7-14-23(21)24/h4-7,11-14,19,24H,3,8-10,15-18H2,1-2H3,(H,28,33)(H,31,32)/t19-/m0/s1. The molecule has 0 spiro atoms. The van der Waals surface area contributed by atoms with Crippen LogP contribution in [0.5, 0.6) is 0 Å². The highest BCUT2D eigenvalue weighted by molar-refractivity contribution is 5.79. The molecule has 182 valence electrons. The van der Waals surface area contributed by atoms with Gasteiger partial charge in [0.1, 0.15) is 6.61 Å². The van der Waals surface area contributed by atoms with Crippen molar-refractivity contribution in [2.75, 3.05) is 20.2 Å². The summed E-state index contributed by atoms with van der Waals surface area (Å²) in [6.07, 6.45) is 2.43. The first-order chi connectivity index (χ1) is 16.4. The molecule has 0 radical (unpaired) electrons. The summed E-state index contributed by atoms with van der Waals surface area (Å²) in [4.78, 5) is 37.4. The van der Waals surface area contributed by atoms with Gasteiger partial charge in [-0.05, 0) is 41.5 Å². The number of nitrogens with one attached hydrogen (secondary N) is 1. The second-order valence-electron chi connectivity index (χ2n) is 8.83. The number of rotatable bonds is 12. The molecule has 0 bridgehead atoms. The first-order valence-corrected chi connectivity index (χ1v) is 12.0. The smallest absolute Gasteiger partial charge is 0.407 e. The molecular weight excluding hydrogens is 432 g/mol. The van der Waals surface area contributed by atoms with Gasteiger partial charge in [-0.1, -0.05) is 61.9 Å². The molecule has 1 aliphatic carbocycles. The Labute approximate surface area is 201 Å². The number of alkyl carbamates (subject to hydrolysis) is 1. The summed E-state index contributed by atoms with van der Waals surface area (Å²) in [5, 5.41) is 11.6. The SMILES string of the molecule is CCC[C@@H](CC(=O)N(C)CCCCC(=O)O)NC(=O)OCC1c2ccccc2-c2ccccc21. The highest BCUT2D eigenvalue weighted by Crippen LogP contribution is 2.44. The van der Waals surface area contributed by atoms with Gasteiger partial charge >= 0.3 is 12.1 Å². The molecule has 2 N–H and O–H groups in total. The number of aliphatic carboxylic acids is 1. The lowest BCUT2D eigenvalue weighted by atomic mass is 9.98. The number of carboxylic acid groups (broad SMARTS) is 1. The lowest BCUT2D eigenvalue weighted by Gasteiger charge is -2.23. The summed E-state index contributed by atoms with van der Waals surface area (Å²) in [7, 11) is 1.71. The van der Waals surface area contributed by atoms with Crippen molar-refractivity contribution in [1.82, 2.24) is 10.2 Å². The first-order valence-electron chi connectivity index (χ1n) is 12.0. The molecule has 3 rings (SSSR count). The van der Waals surface area contributed by atoms with Gasteiger partial charge in [0.15, 0.2) is 0 Å². The molecule has 0 unspecified atom stereocenters. The number of hydrogen-bond donors (Lipinski definition) is 2. The predicted octanol–water partition coefficient (Wildman–Crippen LogP) is 4.80. The van der Waals surface area contributed by atoms with Crippen molar-refractivity contribution in [3.63, 3.8) is 0 Å². The van der Waals surface area contributed by atoms with E-state index in [0.717, 1.165) is 17.5 Å². The van der Waals surface area contributed by atoms with Crippen molar-refractivity contribution < 1.29 is 24.2 Å². The zero-order valence-corrected chi connectivity index (χ0v) is 20.0. The molecule has 2 aromatic carbocycles. The number of carbonyl (C=O) groups is 3. The topological polar surface area (TPSA) is 95.9 Å². The van der Waals surface area contributed by atoms with Gasteiger partial charge in [0.25, 0.3) is 0 Å². The van der Waals surface area contributed by atoms with Crippen LogP contribution in [0.4, 0.5) is 4.79 Å². The Morgan fingerprint density at radius 1 is 1.03 bits per heavy atom. The van der Waals surface area contributed by atoms with Gasteiger partial charge in [0, 0.05) is 38.4 Å². The Morgan fingerprint density at radius 3 is 2.24 bits per heavy atom. The molecule has 0 aliphatic heterocycles. The van der Waals surface area contributed by atoms with Crippen LogP contribution < -0.4 is 5.32 Å². The van der Waals surface area contributed by atoms with Crippen LogP contribution in [0, 0.1) is 0 Å². The van der Waals surface area contributed by atoms with E-state index in [9.17, 15) is 14.4 Å². The Kier molecular flexibility index (Phi) is 9.08. The fourth-order valence-electron chi connectivity index (χ4n) is 4.50. The fourth-order valence-corrected chi connectivity index (χ4v) is 4.50. The van der Waals surface area contributed by atoms with E-state index in [0.29, 0.717) is 25.8 Å². The molecule has 0 aromatic heterocycles. The van der Waals surface area contributed by atoms with Crippen LogP contribution >= 0.6 is 0 Å². The van der Waals surface area contributed by atoms with Gasteiger partial charge in [0.05, 0.1) is 0 Å². The zero-order chi connectivity index (χ0) is 24.5. The molecule has 34 heavy (non-hydrogen) atoms. The van der Waals surface area contributed by atoms with Crippen molar-refractivity contribution in [3.05, 3.63) is 59.7 Å². The van der Waals surface area contributed by atoms with Gasteiger partial charge in [-0.3, -0.25) is 9.59 Å². The molecule has 2 aromatic rings. The number of carbonyl (C=O) groups excluding carboxylic acids is 2. The lowest BCUT2D eigenvalue weighted by molar-refractivity contribution is -0.137. The molecule has 7 nitrogen and oxygen atoms in total. The molecule has 1 aliphatic rings. The van der Waals surface area contributed by atoms with Crippen molar-refractivity contribution in [3.8, 4) is 11.1 Å². The minimum absolute atomic E-state index is 0.0126. The molecule has 0 fully saturated rings. The van der Waals surface area contributed by atoms with Crippen LogP contribution in [-0.2, 0) is 14.3 Å². The molecule has 0 saturated heterocycles. The van der Waals surface area contributed by atoms with E-state index in [1.54, 1.807) is 11.9 Å². The van der Waals surface area contributed by atoms with Crippen LogP contribution in [0.3, 0.4) is 0 Å². The molecule has 7 heteroatoms. The summed E-state index contributed by atoms with van der Waals surface area (Å²) < 4.78 is 5.63. The highest BCUT2D eigenvalue weighted by Gasteiger charge is 2.29. The van der Waals surface area contributed by atoms with E-state index in [2.05, 4.69) is 29.6 Å². The highest BCUT2D eigenvalue weighted by atomic mass is 16.5. The molecular formula is C27H34N2O5. The summed E-state index contributed by atoms with van der Waals surface area (Å²) in [6.45, 7) is 2.73. The minimum Gasteiger partial charge on any atom is -0.481 e. The van der Waals surface area contributed by atoms with Gasteiger partial charge < -0.3 is 20.1 Å². The average Bonchev–Trinajstić information content (AvgIpc) is 3.14. The van der Waals surface area contributed by atoms with Crippen LogP contribution in [0.15, 0.2) is 48.5 Å². The molecule has 1 atom stereocenters. The second kappa shape index (κ2) is 12.2. The first kappa shape index (κ1) is 25.3. The number of ether oxygens (including phenoxy) is 1. The van der Waals surface area contributed by atoms with Crippen molar-refractivity contribution in [2.24, 2.45) is 0 Å². The number of carboxylic acids is 1. The van der Waals surface area contributed by atoms with E-state index in [1.165, 1.54) is 11.1 Å². The third kappa shape index (κ3) is 6.59. The van der Waals surface area contributed by atoms with Crippen LogP contribution in [-0.4, -0.2) is 54.2 Å². The normalized spacial score (nSPS) is 13.0. The summed E-state index contributed by atoms with van der Waals surface area (Å²) in [5.74, 6) is -0.918. The van der Waals surface area contributed by atoms with Gasteiger partial charge in [0.2, 0.25) is 5.91 Å². The van der Waals surface area contributed by atoms with Crippen molar-refractivity contribution >= 4 is 18.0 Å². The van der Waals surface area contributed by atoms with Gasteiger partial charge in [-0.2, -0.15) is 0 Å². The maximum Gasteiger partial charge on any atom is 0.407 e. The predicted molar refractivity (Wildman–Crippen MR) is 131 cm³/mol. The second-order valence-corrected chi connectivity index (χ2v) is 8.83. The van der Waals surface area contributed by atoms with Crippen LogP contribution in [0.25, 0.3) is 11.1 Å². The maximum atomic E-state index is 12.6. The van der Waals surface area contributed by atoms with Crippen molar-refractivity contribution in [2.45, 2.75) is 57.4 Å². The Hall–Kier alpha value is -3.35. The molecule has 0 saturated carbocycles. The van der Waals surface area contributed by atoms with E-state index in [4.69, 9.17) is 9.84 Å². The monoisotopic (exact) mass is 466 g/mol. The zero-order valence-electron chi connectivity index (χ0n) is 20.0. The largest absolute Gasteiger partial charge is 0.481 e. The van der Waals surface area contributed by atoms with E-state index >= 15 is 0 Å². The van der Waals surface area contributed by atoms with Gasteiger partial charge in [-0.15, -0.1) is 0 Å². The average molecular weight is 467 g/mol. The quantitative estimate of drug-likeness (QED) is 0.438. The fraction of sp³-hybridized carbons (Fsp3) is 0.444. The number of benzene rings is 2. The Morgan fingerprint density at radius 2 is 1.65 bits per heavy atom. The molecule has 0 heterocycles. The number of hydrogen-bond acceptors (Lipinski definition) is 4. The lowest BCUT2D eigenvalue weighted by Crippen LogP contribution is -2.40. The Balaban J connectivity index is 1.52. The number of unbranched alkanes of at least 4 members (excludes halogenated alkanes) is 1. The van der Waals surface area contributed by atoms with E-state index in [1.807, 2.05) is 31.2 Å². The van der Waals surface area contributed by atoms with Crippen LogP contribution in [0.1, 0.15) is 62.5 Å². The van der Waals surface area contributed by atoms with Crippen LogP contribution in [0.2, 0.25) is 0 Å². The number of fused-ring (bicyclic) bond motifs is 3. The maximum absolute atomic E-state index is 12.6. The third-order valence-corrected chi connectivity index (χ3v) is 6.28. The Bertz CT molecular complexity index is 961. The van der Waals surface area contributed by atoms with E-state index in [-0.39, 0.29) is 37.3 Å². The number of amides is 2. The minimum atomic E-state index is -0.829. The summed E-state index contributed by atoms with van der Waals surface area (Å²) in [6, 6.07) is 16.1. The van der Waals surface area contributed by atoms with Crippen molar-refractivity contribution in [1.29, 1.82) is 0 Å². The third-order valence-electron chi connectivity index (χ3n) is 6.28. The number of nitrogens with zero attached hydrogens (tertiary/aromatic N) is 1. The summed E-state index contributed by atoms with van der Waals surface area (Å²) in [5.41, 5.74) is 4.66. The van der Waals surface area contributed by atoms with E-state index < -0.39 is 12.1 Å². The molecule has 2 amide bonds. The summed E-state index contributed by atoms with van der Waals surface area (Å²) >= 11 is 0. The van der Waals surface area contributed by atoms with Gasteiger partial charge in [-0.25, -0.2) is 4.79 Å².